The van der Waals surface area contributed by atoms with Crippen molar-refractivity contribution >= 4 is 5.82 Å². The first-order chi connectivity index (χ1) is 5.18. The number of aromatic nitrogens is 2. The highest BCUT2D eigenvalue weighted by Crippen LogP contribution is 2.09. The Hall–Kier alpha value is -1.19. The molecule has 0 atom stereocenters. The molecule has 1 heterocycles. The number of hydrogen-bond donors (Lipinski definition) is 2. The molecule has 0 saturated heterocycles. The molecule has 0 aromatic carbocycles. The molecule has 0 spiro atoms. The van der Waals surface area contributed by atoms with Gasteiger partial charge in [0.1, 0.15) is 5.82 Å². The van der Waals surface area contributed by atoms with Crippen molar-refractivity contribution in [2.24, 2.45) is 5.92 Å². The van der Waals surface area contributed by atoms with Gasteiger partial charge in [0.25, 0.3) is 0 Å². The number of nitrogens with two attached hydrogens (primary N) is 1. The predicted molar refractivity (Wildman–Crippen MR) is 43.3 cm³/mol. The normalized spacial score (nSPS) is 10.5. The maximum absolute atomic E-state index is 5.36. The smallest absolute Gasteiger partial charge is 0.211 e. The van der Waals surface area contributed by atoms with Crippen LogP contribution in [-0.4, -0.2) is 16.8 Å². The van der Waals surface area contributed by atoms with Crippen molar-refractivity contribution in [1.29, 1.82) is 0 Å². The molecule has 62 valence electrons. The van der Waals surface area contributed by atoms with Crippen LogP contribution in [0.4, 0.5) is 5.82 Å². The SMILES string of the molecule is CC(C)COc1cc(N)n[nH]1. The maximum atomic E-state index is 5.36. The molecule has 0 amide bonds. The van der Waals surface area contributed by atoms with Gasteiger partial charge in [-0.25, -0.2) is 5.10 Å². The van der Waals surface area contributed by atoms with Gasteiger partial charge in [0, 0.05) is 6.07 Å². The summed E-state index contributed by atoms with van der Waals surface area (Å²) < 4.78 is 5.29. The van der Waals surface area contributed by atoms with E-state index in [0.29, 0.717) is 24.2 Å². The largest absolute Gasteiger partial charge is 0.478 e. The number of nitrogen functional groups attached to an aromatic ring is 1. The first-order valence-electron chi connectivity index (χ1n) is 3.62. The van der Waals surface area contributed by atoms with Crippen molar-refractivity contribution < 1.29 is 4.74 Å². The summed E-state index contributed by atoms with van der Waals surface area (Å²) in [7, 11) is 0. The zero-order valence-corrected chi connectivity index (χ0v) is 6.79. The first-order valence-corrected chi connectivity index (χ1v) is 3.62. The second-order valence-corrected chi connectivity index (χ2v) is 2.86. The zero-order valence-electron chi connectivity index (χ0n) is 6.79. The number of H-pyrrole nitrogens is 1. The Morgan fingerprint density at radius 2 is 2.45 bits per heavy atom. The quantitative estimate of drug-likeness (QED) is 0.685. The van der Waals surface area contributed by atoms with Crippen LogP contribution in [0.25, 0.3) is 0 Å². The average molecular weight is 155 g/mol. The second-order valence-electron chi connectivity index (χ2n) is 2.86. The van der Waals surface area contributed by atoms with Gasteiger partial charge >= 0.3 is 0 Å². The minimum absolute atomic E-state index is 0.462. The van der Waals surface area contributed by atoms with Crippen LogP contribution < -0.4 is 10.5 Å². The number of nitrogens with zero attached hydrogens (tertiary/aromatic N) is 1. The van der Waals surface area contributed by atoms with Gasteiger partial charge in [-0.05, 0) is 5.92 Å². The highest BCUT2D eigenvalue weighted by molar-refractivity contribution is 5.31. The third-order valence-corrected chi connectivity index (χ3v) is 1.15. The van der Waals surface area contributed by atoms with Gasteiger partial charge < -0.3 is 10.5 Å². The van der Waals surface area contributed by atoms with Gasteiger partial charge in [0.15, 0.2) is 0 Å². The van der Waals surface area contributed by atoms with E-state index < -0.39 is 0 Å². The summed E-state index contributed by atoms with van der Waals surface area (Å²) in [6.45, 7) is 4.85. The number of hydrogen-bond acceptors (Lipinski definition) is 3. The van der Waals surface area contributed by atoms with Crippen molar-refractivity contribution in [2.45, 2.75) is 13.8 Å². The monoisotopic (exact) mass is 155 g/mol. The van der Waals surface area contributed by atoms with Crippen molar-refractivity contribution in [3.63, 3.8) is 0 Å². The number of anilines is 1. The Balaban J connectivity index is 2.39. The van der Waals surface area contributed by atoms with Gasteiger partial charge in [0.2, 0.25) is 5.88 Å². The van der Waals surface area contributed by atoms with Gasteiger partial charge in [0.05, 0.1) is 6.61 Å². The van der Waals surface area contributed by atoms with E-state index in [-0.39, 0.29) is 0 Å². The van der Waals surface area contributed by atoms with Gasteiger partial charge in [-0.1, -0.05) is 13.8 Å². The summed E-state index contributed by atoms with van der Waals surface area (Å²) in [4.78, 5) is 0. The van der Waals surface area contributed by atoms with E-state index in [1.807, 2.05) is 0 Å². The molecule has 0 fully saturated rings. The molecule has 3 N–H and O–H groups in total. The third-order valence-electron chi connectivity index (χ3n) is 1.15. The minimum atomic E-state index is 0.462. The fraction of sp³-hybridized carbons (Fsp3) is 0.571. The lowest BCUT2D eigenvalue weighted by atomic mass is 10.2. The molecule has 0 unspecified atom stereocenters. The zero-order chi connectivity index (χ0) is 8.27. The fourth-order valence-corrected chi connectivity index (χ4v) is 0.649. The molecule has 4 heteroatoms. The van der Waals surface area contributed by atoms with E-state index in [1.54, 1.807) is 6.07 Å². The molecule has 0 aliphatic carbocycles. The maximum Gasteiger partial charge on any atom is 0.211 e. The lowest BCUT2D eigenvalue weighted by Crippen LogP contribution is -2.04. The van der Waals surface area contributed by atoms with E-state index in [9.17, 15) is 0 Å². The first kappa shape index (κ1) is 7.91. The number of ether oxygens (including phenoxy) is 1. The van der Waals surface area contributed by atoms with E-state index in [2.05, 4.69) is 24.0 Å². The summed E-state index contributed by atoms with van der Waals surface area (Å²) in [6, 6.07) is 1.67. The Labute approximate surface area is 65.7 Å². The molecule has 1 aromatic heterocycles. The highest BCUT2D eigenvalue weighted by Gasteiger charge is 1.99. The Morgan fingerprint density at radius 3 is 2.91 bits per heavy atom. The average Bonchev–Trinajstić information content (AvgIpc) is 2.31. The van der Waals surface area contributed by atoms with Crippen LogP contribution in [0.3, 0.4) is 0 Å². The van der Waals surface area contributed by atoms with E-state index in [0.717, 1.165) is 0 Å². The standard InChI is InChI=1S/C7H13N3O/c1-5(2)4-11-7-3-6(8)9-10-7/h3,5H,4H2,1-2H3,(H3,8,9,10). The summed E-state index contributed by atoms with van der Waals surface area (Å²) in [5, 5.41) is 6.39. The summed E-state index contributed by atoms with van der Waals surface area (Å²) in [6.07, 6.45) is 0. The van der Waals surface area contributed by atoms with Crippen molar-refractivity contribution in [3.8, 4) is 5.88 Å². The summed E-state index contributed by atoms with van der Waals surface area (Å²) in [5.41, 5.74) is 5.36. The fourth-order valence-electron chi connectivity index (χ4n) is 0.649. The Kier molecular flexibility index (Phi) is 2.36. The molecule has 4 nitrogen and oxygen atoms in total. The topological polar surface area (TPSA) is 63.9 Å². The van der Waals surface area contributed by atoms with E-state index in [1.165, 1.54) is 0 Å². The molecule has 1 rings (SSSR count). The summed E-state index contributed by atoms with van der Waals surface area (Å²) in [5.74, 6) is 1.61. The molecule has 0 aliphatic rings. The van der Waals surface area contributed by atoms with E-state index >= 15 is 0 Å². The Morgan fingerprint density at radius 1 is 1.73 bits per heavy atom. The number of aromatic amines is 1. The minimum Gasteiger partial charge on any atom is -0.478 e. The van der Waals surface area contributed by atoms with Crippen molar-refractivity contribution in [2.75, 3.05) is 12.3 Å². The van der Waals surface area contributed by atoms with Crippen LogP contribution in [0.1, 0.15) is 13.8 Å². The van der Waals surface area contributed by atoms with Crippen molar-refractivity contribution in [3.05, 3.63) is 6.07 Å². The number of nitrogens with one attached hydrogen (secondary N) is 1. The predicted octanol–water partition coefficient (Wildman–Crippen LogP) is 1.03. The van der Waals surface area contributed by atoms with E-state index in [4.69, 9.17) is 10.5 Å². The van der Waals surface area contributed by atoms with Gasteiger partial charge in [-0.2, -0.15) is 5.10 Å². The third kappa shape index (κ3) is 2.49. The molecule has 0 saturated carbocycles. The van der Waals surface area contributed by atoms with Crippen LogP contribution in [0.5, 0.6) is 5.88 Å². The van der Waals surface area contributed by atoms with Gasteiger partial charge in [-0.15, -0.1) is 0 Å². The molecule has 0 aliphatic heterocycles. The molecular weight excluding hydrogens is 142 g/mol. The molecule has 11 heavy (non-hydrogen) atoms. The summed E-state index contributed by atoms with van der Waals surface area (Å²) >= 11 is 0. The highest BCUT2D eigenvalue weighted by atomic mass is 16.5. The van der Waals surface area contributed by atoms with Gasteiger partial charge in [-0.3, -0.25) is 0 Å². The van der Waals surface area contributed by atoms with Crippen LogP contribution in [0.2, 0.25) is 0 Å². The molecular formula is C7H13N3O. The van der Waals surface area contributed by atoms with Crippen LogP contribution in [-0.2, 0) is 0 Å². The van der Waals surface area contributed by atoms with Crippen LogP contribution in [0, 0.1) is 5.92 Å². The lowest BCUT2D eigenvalue weighted by molar-refractivity contribution is 0.261. The van der Waals surface area contributed by atoms with Crippen LogP contribution in [0.15, 0.2) is 6.07 Å². The van der Waals surface area contributed by atoms with Crippen LogP contribution >= 0.6 is 0 Å². The molecule has 1 aromatic rings. The lowest BCUT2D eigenvalue weighted by Gasteiger charge is -2.04. The van der Waals surface area contributed by atoms with Crippen molar-refractivity contribution in [1.82, 2.24) is 10.2 Å². The number of rotatable bonds is 3. The second kappa shape index (κ2) is 3.27. The molecule has 0 bridgehead atoms. The molecule has 0 radical (unpaired) electrons. The Bertz CT molecular complexity index is 219.